The Kier molecular flexibility index (Phi) is 3.61. The molecule has 0 atom stereocenters. The number of phenols is 1. The topological polar surface area (TPSA) is 75.4 Å². The molecule has 0 aromatic heterocycles. The zero-order chi connectivity index (χ0) is 13.8. The molecular weight excluding hydrogens is 251 g/mol. The molecule has 0 spiro atoms. The molecule has 0 bridgehead atoms. The van der Waals surface area contributed by atoms with Crippen molar-refractivity contribution in [3.8, 4) is 5.75 Å². The predicted octanol–water partition coefficient (Wildman–Crippen LogP) is 3.05. The molecule has 2 aromatic carbocycles. The lowest BCUT2D eigenvalue weighted by Crippen LogP contribution is -2.04. The molecule has 0 aliphatic heterocycles. The van der Waals surface area contributed by atoms with Gasteiger partial charge in [-0.25, -0.2) is 0 Å². The zero-order valence-electron chi connectivity index (χ0n) is 9.84. The maximum atomic E-state index is 13.4. The monoisotopic (exact) mass is 262 g/mol. The fourth-order valence-corrected chi connectivity index (χ4v) is 1.65. The Labute approximate surface area is 108 Å². The average molecular weight is 262 g/mol. The molecule has 0 unspecified atom stereocenters. The second-order valence-electron chi connectivity index (χ2n) is 3.91. The molecule has 0 saturated carbocycles. The third-order valence-corrected chi connectivity index (χ3v) is 2.59. The average Bonchev–Trinajstić information content (AvgIpc) is 2.37. The number of nitrogens with zero attached hydrogens (tertiary/aromatic N) is 1. The molecule has 0 saturated heterocycles. The first-order valence-corrected chi connectivity index (χ1v) is 5.52. The van der Waals surface area contributed by atoms with Crippen LogP contribution in [0.4, 0.5) is 15.8 Å². The van der Waals surface area contributed by atoms with E-state index in [4.69, 9.17) is 5.11 Å². The Bertz CT molecular complexity index is 599. The third kappa shape index (κ3) is 2.98. The number of para-hydroxylation sites is 1. The van der Waals surface area contributed by atoms with Crippen molar-refractivity contribution in [2.75, 3.05) is 5.32 Å². The summed E-state index contributed by atoms with van der Waals surface area (Å²) in [5, 5.41) is 22.7. The van der Waals surface area contributed by atoms with E-state index >= 15 is 0 Å². The number of phenolic OH excluding ortho intramolecular Hbond substituents is 1. The van der Waals surface area contributed by atoms with Crippen molar-refractivity contribution in [3.63, 3.8) is 0 Å². The summed E-state index contributed by atoms with van der Waals surface area (Å²) in [5.74, 6) is -0.735. The number of nitro groups is 1. The molecule has 2 aromatic rings. The molecule has 5 nitrogen and oxygen atoms in total. The number of hydrogen-bond acceptors (Lipinski definition) is 4. The van der Waals surface area contributed by atoms with Gasteiger partial charge in [-0.2, -0.15) is 4.39 Å². The van der Waals surface area contributed by atoms with Gasteiger partial charge in [0, 0.05) is 6.54 Å². The summed E-state index contributed by atoms with van der Waals surface area (Å²) in [6, 6.07) is 10.3. The lowest BCUT2D eigenvalue weighted by Gasteiger charge is -2.07. The fourth-order valence-electron chi connectivity index (χ4n) is 1.65. The van der Waals surface area contributed by atoms with Crippen molar-refractivity contribution in [1.82, 2.24) is 0 Å². The standard InChI is InChI=1S/C13H11FN2O3/c14-11-2-1-3-12(13(11)16(18)19)15-8-9-4-6-10(17)7-5-9/h1-7,15,17H,8H2. The third-order valence-electron chi connectivity index (χ3n) is 2.59. The Morgan fingerprint density at radius 2 is 1.89 bits per heavy atom. The smallest absolute Gasteiger partial charge is 0.327 e. The molecule has 0 amide bonds. The molecule has 0 fully saturated rings. The normalized spacial score (nSPS) is 10.2. The number of benzene rings is 2. The SMILES string of the molecule is O=[N+]([O-])c1c(F)cccc1NCc1ccc(O)cc1. The van der Waals surface area contributed by atoms with Crippen LogP contribution in [0.2, 0.25) is 0 Å². The van der Waals surface area contributed by atoms with E-state index in [9.17, 15) is 14.5 Å². The van der Waals surface area contributed by atoms with E-state index in [0.717, 1.165) is 11.6 Å². The highest BCUT2D eigenvalue weighted by Gasteiger charge is 2.19. The van der Waals surface area contributed by atoms with Crippen molar-refractivity contribution in [1.29, 1.82) is 0 Å². The van der Waals surface area contributed by atoms with E-state index in [1.165, 1.54) is 24.3 Å². The Balaban J connectivity index is 2.18. The van der Waals surface area contributed by atoms with Crippen LogP contribution in [-0.2, 0) is 6.54 Å². The molecule has 2 N–H and O–H groups in total. The highest BCUT2D eigenvalue weighted by molar-refractivity contribution is 5.62. The van der Waals surface area contributed by atoms with Gasteiger partial charge < -0.3 is 10.4 Å². The first kappa shape index (κ1) is 12.8. The van der Waals surface area contributed by atoms with Gasteiger partial charge in [0.25, 0.3) is 0 Å². The zero-order valence-corrected chi connectivity index (χ0v) is 9.84. The van der Waals surface area contributed by atoms with Crippen molar-refractivity contribution >= 4 is 11.4 Å². The molecule has 6 heteroatoms. The van der Waals surface area contributed by atoms with Crippen molar-refractivity contribution in [2.24, 2.45) is 0 Å². The highest BCUT2D eigenvalue weighted by atomic mass is 19.1. The van der Waals surface area contributed by atoms with Crippen LogP contribution in [0.5, 0.6) is 5.75 Å². The van der Waals surface area contributed by atoms with Crippen LogP contribution in [0.25, 0.3) is 0 Å². The molecular formula is C13H11FN2O3. The lowest BCUT2D eigenvalue weighted by atomic mass is 10.2. The highest BCUT2D eigenvalue weighted by Crippen LogP contribution is 2.27. The quantitative estimate of drug-likeness (QED) is 0.656. The minimum atomic E-state index is -0.874. The fraction of sp³-hybridized carbons (Fsp3) is 0.0769. The first-order valence-electron chi connectivity index (χ1n) is 5.52. The number of rotatable bonds is 4. The number of nitro benzene ring substituents is 1. The van der Waals surface area contributed by atoms with Crippen LogP contribution in [0, 0.1) is 15.9 Å². The summed E-state index contributed by atoms with van der Waals surface area (Å²) >= 11 is 0. The van der Waals surface area contributed by atoms with Gasteiger partial charge in [0.1, 0.15) is 11.4 Å². The van der Waals surface area contributed by atoms with E-state index in [1.54, 1.807) is 12.1 Å². The van der Waals surface area contributed by atoms with Crippen LogP contribution < -0.4 is 5.32 Å². The van der Waals surface area contributed by atoms with Crippen LogP contribution >= 0.6 is 0 Å². The van der Waals surface area contributed by atoms with Crippen LogP contribution in [0.3, 0.4) is 0 Å². The lowest BCUT2D eigenvalue weighted by molar-refractivity contribution is -0.386. The van der Waals surface area contributed by atoms with E-state index in [2.05, 4.69) is 5.32 Å². The van der Waals surface area contributed by atoms with Crippen LogP contribution in [0.15, 0.2) is 42.5 Å². The van der Waals surface area contributed by atoms with Gasteiger partial charge in [-0.3, -0.25) is 10.1 Å². The Morgan fingerprint density at radius 3 is 2.53 bits per heavy atom. The van der Waals surface area contributed by atoms with Gasteiger partial charge in [-0.15, -0.1) is 0 Å². The predicted molar refractivity (Wildman–Crippen MR) is 68.5 cm³/mol. The summed E-state index contributed by atoms with van der Waals surface area (Å²) in [4.78, 5) is 10.0. The maximum absolute atomic E-state index is 13.4. The van der Waals surface area contributed by atoms with E-state index in [0.29, 0.717) is 6.54 Å². The van der Waals surface area contributed by atoms with Gasteiger partial charge in [0.05, 0.1) is 4.92 Å². The molecule has 0 radical (unpaired) electrons. The molecule has 0 aliphatic rings. The van der Waals surface area contributed by atoms with Crippen molar-refractivity contribution < 1.29 is 14.4 Å². The van der Waals surface area contributed by atoms with Crippen molar-refractivity contribution in [3.05, 3.63) is 64.0 Å². The van der Waals surface area contributed by atoms with Crippen molar-refractivity contribution in [2.45, 2.75) is 6.54 Å². The first-order chi connectivity index (χ1) is 9.08. The van der Waals surface area contributed by atoms with Gasteiger partial charge in [-0.05, 0) is 29.8 Å². The van der Waals surface area contributed by atoms with E-state index in [-0.39, 0.29) is 11.4 Å². The summed E-state index contributed by atoms with van der Waals surface area (Å²) in [6.07, 6.45) is 0. The largest absolute Gasteiger partial charge is 0.508 e. The molecule has 98 valence electrons. The minimum absolute atomic E-state index is 0.123. The second-order valence-corrected chi connectivity index (χ2v) is 3.91. The summed E-state index contributed by atoms with van der Waals surface area (Å²) in [5.41, 5.74) is 0.371. The number of hydrogen-bond donors (Lipinski definition) is 2. The molecule has 2 rings (SSSR count). The van der Waals surface area contributed by atoms with E-state index in [1.807, 2.05) is 0 Å². The van der Waals surface area contributed by atoms with Gasteiger partial charge in [-0.1, -0.05) is 18.2 Å². The summed E-state index contributed by atoms with van der Waals surface area (Å²) < 4.78 is 13.4. The minimum Gasteiger partial charge on any atom is -0.508 e. The molecule has 0 aliphatic carbocycles. The van der Waals surface area contributed by atoms with Crippen LogP contribution in [-0.4, -0.2) is 10.0 Å². The van der Waals surface area contributed by atoms with Gasteiger partial charge in [0.2, 0.25) is 5.82 Å². The maximum Gasteiger partial charge on any atom is 0.327 e. The number of nitrogens with one attached hydrogen (secondary N) is 1. The Hall–Kier alpha value is -2.63. The summed E-state index contributed by atoms with van der Waals surface area (Å²) in [6.45, 7) is 0.296. The van der Waals surface area contributed by atoms with Gasteiger partial charge >= 0.3 is 5.69 Å². The number of anilines is 1. The molecule has 0 heterocycles. The number of halogens is 1. The second kappa shape index (κ2) is 5.34. The number of aromatic hydroxyl groups is 1. The summed E-state index contributed by atoms with van der Waals surface area (Å²) in [7, 11) is 0. The van der Waals surface area contributed by atoms with E-state index < -0.39 is 16.4 Å². The Morgan fingerprint density at radius 1 is 1.21 bits per heavy atom. The molecule has 19 heavy (non-hydrogen) atoms. The van der Waals surface area contributed by atoms with Crippen LogP contribution in [0.1, 0.15) is 5.56 Å². The van der Waals surface area contributed by atoms with Gasteiger partial charge in [0.15, 0.2) is 0 Å².